The van der Waals surface area contributed by atoms with Gasteiger partial charge in [-0.25, -0.2) is 0 Å². The van der Waals surface area contributed by atoms with Crippen molar-refractivity contribution in [3.05, 3.63) is 23.5 Å². The van der Waals surface area contributed by atoms with E-state index in [2.05, 4.69) is 13.8 Å². The van der Waals surface area contributed by atoms with Gasteiger partial charge in [0.1, 0.15) is 5.78 Å². The van der Waals surface area contributed by atoms with Gasteiger partial charge in [0.05, 0.1) is 6.26 Å². The first kappa shape index (κ1) is 15.8. The average molecular weight is 340 g/mol. The third-order valence-electron chi connectivity index (χ3n) is 8.55. The van der Waals surface area contributed by atoms with Crippen LogP contribution in [0.4, 0.5) is 0 Å². The van der Waals surface area contributed by atoms with E-state index in [0.29, 0.717) is 35.9 Å². The largest absolute Gasteiger partial charge is 0.486 e. The van der Waals surface area contributed by atoms with Gasteiger partial charge in [0.2, 0.25) is 5.78 Å². The monoisotopic (exact) mass is 340 g/mol. The van der Waals surface area contributed by atoms with Crippen LogP contribution >= 0.6 is 0 Å². The highest BCUT2D eigenvalue weighted by Gasteiger charge is 2.67. The average Bonchev–Trinajstić information content (AvgIpc) is 3.09. The van der Waals surface area contributed by atoms with E-state index < -0.39 is 5.60 Å². The maximum absolute atomic E-state index is 12.7. The van der Waals surface area contributed by atoms with E-state index in [1.54, 1.807) is 17.9 Å². The van der Waals surface area contributed by atoms with Gasteiger partial charge in [0.15, 0.2) is 5.60 Å². The lowest BCUT2D eigenvalue weighted by Gasteiger charge is -2.55. The second kappa shape index (κ2) is 5.08. The Morgan fingerprint density at radius 1 is 1.16 bits per heavy atom. The standard InChI is InChI=1S/C22H28O3/c1-13-11-14-12-15(23)3-4-16(14)17-5-8-21(2)18(20(13)17)6-9-22(21)19(24)7-10-25-22/h7,10,13,17-18,20H,3-6,8-9,11-12H2,1-2H3/t13-,17-,18+,20-,21+,22-/m1/s1. The molecule has 0 amide bonds. The summed E-state index contributed by atoms with van der Waals surface area (Å²) in [6.45, 7) is 4.71. The first-order chi connectivity index (χ1) is 12.0. The fraction of sp³-hybridized carbons (Fsp3) is 0.727. The van der Waals surface area contributed by atoms with Crippen molar-refractivity contribution >= 4 is 11.6 Å². The van der Waals surface area contributed by atoms with E-state index in [0.717, 1.165) is 44.9 Å². The molecular formula is C22H28O3. The smallest absolute Gasteiger partial charge is 0.202 e. The second-order valence-electron chi connectivity index (χ2n) is 9.42. The Morgan fingerprint density at radius 2 is 2.00 bits per heavy atom. The first-order valence-corrected chi connectivity index (χ1v) is 10.1. The van der Waals surface area contributed by atoms with Gasteiger partial charge in [-0.1, -0.05) is 25.0 Å². The predicted molar refractivity (Wildman–Crippen MR) is 94.7 cm³/mol. The molecule has 25 heavy (non-hydrogen) atoms. The SMILES string of the molecule is C[C@@H]1CC2=C(CCC(=O)C2)[C@H]2CC[C@@]3(C)[C@@H](CC[C@]34OC=CC4=O)[C@H]12. The second-order valence-corrected chi connectivity index (χ2v) is 9.42. The number of ether oxygens (including phenoxy) is 1. The van der Waals surface area contributed by atoms with E-state index in [4.69, 9.17) is 4.74 Å². The Hall–Kier alpha value is -1.38. The van der Waals surface area contributed by atoms with Crippen molar-refractivity contribution in [2.24, 2.45) is 29.1 Å². The molecule has 0 saturated heterocycles. The van der Waals surface area contributed by atoms with Gasteiger partial charge in [0, 0.05) is 24.3 Å². The summed E-state index contributed by atoms with van der Waals surface area (Å²) in [5.41, 5.74) is 2.48. The molecule has 5 aliphatic rings. The number of rotatable bonds is 0. The van der Waals surface area contributed by atoms with Crippen LogP contribution in [-0.4, -0.2) is 17.2 Å². The molecule has 0 radical (unpaired) electrons. The molecule has 0 unspecified atom stereocenters. The zero-order valence-corrected chi connectivity index (χ0v) is 15.3. The highest BCUT2D eigenvalue weighted by Crippen LogP contribution is 2.67. The summed E-state index contributed by atoms with van der Waals surface area (Å²) < 4.78 is 6.04. The lowest BCUT2D eigenvalue weighted by molar-refractivity contribution is -0.150. The summed E-state index contributed by atoms with van der Waals surface area (Å²) >= 11 is 0. The summed E-state index contributed by atoms with van der Waals surface area (Å²) in [5, 5.41) is 0. The molecule has 3 heteroatoms. The molecular weight excluding hydrogens is 312 g/mol. The third-order valence-corrected chi connectivity index (χ3v) is 8.55. The van der Waals surface area contributed by atoms with E-state index in [-0.39, 0.29) is 11.2 Å². The summed E-state index contributed by atoms with van der Waals surface area (Å²) in [6.07, 6.45) is 11.0. The van der Waals surface area contributed by atoms with E-state index in [1.807, 2.05) is 0 Å². The zero-order chi connectivity index (χ0) is 17.4. The number of hydrogen-bond acceptors (Lipinski definition) is 3. The van der Waals surface area contributed by atoms with E-state index in [9.17, 15) is 9.59 Å². The van der Waals surface area contributed by atoms with Crippen LogP contribution in [0.25, 0.3) is 0 Å². The van der Waals surface area contributed by atoms with Crippen LogP contribution in [-0.2, 0) is 14.3 Å². The van der Waals surface area contributed by atoms with Gasteiger partial charge in [0.25, 0.3) is 0 Å². The van der Waals surface area contributed by atoms with Crippen LogP contribution in [0.5, 0.6) is 0 Å². The highest BCUT2D eigenvalue weighted by molar-refractivity contribution is 5.99. The molecule has 1 spiro atoms. The number of allylic oxidation sites excluding steroid dienone is 2. The van der Waals surface area contributed by atoms with Gasteiger partial charge in [-0.3, -0.25) is 9.59 Å². The Kier molecular flexibility index (Phi) is 3.22. The molecule has 5 rings (SSSR count). The molecule has 2 saturated carbocycles. The van der Waals surface area contributed by atoms with Crippen molar-refractivity contribution < 1.29 is 14.3 Å². The summed E-state index contributed by atoms with van der Waals surface area (Å²) in [5.74, 6) is 3.10. The first-order valence-electron chi connectivity index (χ1n) is 10.1. The van der Waals surface area contributed by atoms with Crippen molar-refractivity contribution in [1.29, 1.82) is 0 Å². The lowest BCUT2D eigenvalue weighted by Crippen LogP contribution is -2.55. The van der Waals surface area contributed by atoms with Crippen LogP contribution in [0.15, 0.2) is 23.5 Å². The molecule has 0 aromatic rings. The van der Waals surface area contributed by atoms with Crippen molar-refractivity contribution in [1.82, 2.24) is 0 Å². The number of fused-ring (bicyclic) bond motifs is 5. The maximum Gasteiger partial charge on any atom is 0.202 e. The van der Waals surface area contributed by atoms with Gasteiger partial charge >= 0.3 is 0 Å². The molecule has 0 aromatic carbocycles. The fourth-order valence-electron chi connectivity index (χ4n) is 7.46. The molecule has 134 valence electrons. The Bertz CT molecular complexity index is 717. The Labute approximate surface area is 149 Å². The van der Waals surface area contributed by atoms with Crippen molar-refractivity contribution in [2.45, 2.75) is 70.8 Å². The van der Waals surface area contributed by atoms with Crippen LogP contribution in [0.1, 0.15) is 65.2 Å². The number of carbonyl (C=O) groups is 2. The van der Waals surface area contributed by atoms with Crippen LogP contribution in [0.3, 0.4) is 0 Å². The summed E-state index contributed by atoms with van der Waals surface area (Å²) in [4.78, 5) is 24.6. The Balaban J connectivity index is 1.53. The molecule has 4 aliphatic carbocycles. The molecule has 0 N–H and O–H groups in total. The van der Waals surface area contributed by atoms with Gasteiger partial charge < -0.3 is 4.74 Å². The number of ketones is 2. The molecule has 1 aliphatic heterocycles. The Morgan fingerprint density at radius 3 is 2.76 bits per heavy atom. The molecule has 3 nitrogen and oxygen atoms in total. The van der Waals surface area contributed by atoms with Gasteiger partial charge in [-0.2, -0.15) is 0 Å². The number of Topliss-reactive ketones (excluding diaryl/α,β-unsaturated/α-hetero) is 1. The normalized spacial score (nSPS) is 48.4. The highest BCUT2D eigenvalue weighted by atomic mass is 16.5. The predicted octanol–water partition coefficient (Wildman–Crippen LogP) is 4.37. The fourth-order valence-corrected chi connectivity index (χ4v) is 7.46. The van der Waals surface area contributed by atoms with Crippen molar-refractivity contribution in [2.75, 3.05) is 0 Å². The quantitative estimate of drug-likeness (QED) is 0.615. The lowest BCUT2D eigenvalue weighted by atomic mass is 9.50. The minimum atomic E-state index is -0.584. The number of hydrogen-bond donors (Lipinski definition) is 0. The minimum absolute atomic E-state index is 0.0362. The molecule has 2 fully saturated rings. The van der Waals surface area contributed by atoms with Crippen LogP contribution in [0, 0.1) is 29.1 Å². The molecule has 0 aromatic heterocycles. The molecule has 6 atom stereocenters. The van der Waals surface area contributed by atoms with E-state index in [1.165, 1.54) is 5.57 Å². The van der Waals surface area contributed by atoms with Crippen molar-refractivity contribution in [3.8, 4) is 0 Å². The topological polar surface area (TPSA) is 43.4 Å². The van der Waals surface area contributed by atoms with Gasteiger partial charge in [-0.15, -0.1) is 0 Å². The van der Waals surface area contributed by atoms with Crippen LogP contribution in [0.2, 0.25) is 0 Å². The summed E-state index contributed by atoms with van der Waals surface area (Å²) in [7, 11) is 0. The number of carbonyl (C=O) groups excluding carboxylic acids is 2. The zero-order valence-electron chi connectivity index (χ0n) is 15.3. The molecule has 0 bridgehead atoms. The van der Waals surface area contributed by atoms with E-state index >= 15 is 0 Å². The summed E-state index contributed by atoms with van der Waals surface area (Å²) in [6, 6.07) is 0. The van der Waals surface area contributed by atoms with Gasteiger partial charge in [-0.05, 0) is 62.2 Å². The molecule has 1 heterocycles. The van der Waals surface area contributed by atoms with Crippen LogP contribution < -0.4 is 0 Å². The minimum Gasteiger partial charge on any atom is -0.486 e. The van der Waals surface area contributed by atoms with Crippen molar-refractivity contribution in [3.63, 3.8) is 0 Å². The third kappa shape index (κ3) is 1.88. The maximum atomic E-state index is 12.7.